The van der Waals surface area contributed by atoms with E-state index in [1.54, 1.807) is 24.3 Å². The number of ether oxygens (including phenoxy) is 2. The molecular weight excluding hydrogens is 352 g/mol. The van der Waals surface area contributed by atoms with Gasteiger partial charge in [0.1, 0.15) is 6.61 Å². The zero-order chi connectivity index (χ0) is 16.1. The maximum Gasteiger partial charge on any atom is 0.335 e. The molecule has 0 aliphatic heterocycles. The average Bonchev–Trinajstić information content (AvgIpc) is 2.53. The monoisotopic (exact) mass is 366 g/mol. The second-order valence-corrected chi connectivity index (χ2v) is 5.41. The van der Waals surface area contributed by atoms with Crippen molar-refractivity contribution in [1.29, 1.82) is 0 Å². The molecule has 0 spiro atoms. The number of hydrogen-bond donors (Lipinski definition) is 2. The van der Waals surface area contributed by atoms with Gasteiger partial charge in [0.05, 0.1) is 23.8 Å². The highest BCUT2D eigenvalue weighted by molar-refractivity contribution is 9.10. The van der Waals surface area contributed by atoms with Crippen molar-refractivity contribution >= 4 is 21.9 Å². The quantitative estimate of drug-likeness (QED) is 0.820. The van der Waals surface area contributed by atoms with E-state index in [1.165, 1.54) is 19.2 Å². The molecule has 0 saturated heterocycles. The minimum atomic E-state index is -0.962. The summed E-state index contributed by atoms with van der Waals surface area (Å²) in [5, 5.41) is 18.0. The van der Waals surface area contributed by atoms with Crippen molar-refractivity contribution in [2.75, 3.05) is 7.11 Å². The Hall–Kier alpha value is -2.05. The Morgan fingerprint density at radius 3 is 2.41 bits per heavy atom. The Balaban J connectivity index is 2.15. The molecule has 6 heteroatoms. The van der Waals surface area contributed by atoms with Gasteiger partial charge in [-0.3, -0.25) is 0 Å². The number of carboxylic acid groups (broad SMARTS) is 1. The Morgan fingerprint density at radius 1 is 1.18 bits per heavy atom. The highest BCUT2D eigenvalue weighted by Gasteiger charge is 2.12. The Bertz CT molecular complexity index is 667. The van der Waals surface area contributed by atoms with Gasteiger partial charge in [0, 0.05) is 0 Å². The number of hydrogen-bond acceptors (Lipinski definition) is 4. The Labute approximate surface area is 136 Å². The lowest BCUT2D eigenvalue weighted by Gasteiger charge is -2.14. The second kappa shape index (κ2) is 7.29. The lowest BCUT2D eigenvalue weighted by Crippen LogP contribution is -2.01. The molecule has 2 aromatic rings. The molecule has 5 nitrogen and oxygen atoms in total. The van der Waals surface area contributed by atoms with E-state index >= 15 is 0 Å². The van der Waals surface area contributed by atoms with E-state index in [4.69, 9.17) is 14.6 Å². The van der Waals surface area contributed by atoms with Gasteiger partial charge >= 0.3 is 5.97 Å². The first kappa shape index (κ1) is 16.3. The van der Waals surface area contributed by atoms with Crippen LogP contribution in [0.1, 0.15) is 21.5 Å². The van der Waals surface area contributed by atoms with Gasteiger partial charge in [-0.15, -0.1) is 0 Å². The number of carbonyl (C=O) groups is 1. The fourth-order valence-corrected chi connectivity index (χ4v) is 2.51. The third-order valence-electron chi connectivity index (χ3n) is 3.06. The molecule has 2 N–H and O–H groups in total. The van der Waals surface area contributed by atoms with E-state index in [1.807, 2.05) is 0 Å². The van der Waals surface area contributed by atoms with Crippen molar-refractivity contribution in [2.24, 2.45) is 0 Å². The first-order valence-electron chi connectivity index (χ1n) is 6.47. The topological polar surface area (TPSA) is 76.0 Å². The Morgan fingerprint density at radius 2 is 1.86 bits per heavy atom. The van der Waals surface area contributed by atoms with Gasteiger partial charge in [-0.1, -0.05) is 12.1 Å². The number of carboxylic acids is 1. The predicted octanol–water partition coefficient (Wildman–Crippen LogP) is 3.23. The molecule has 0 aliphatic carbocycles. The van der Waals surface area contributed by atoms with Crippen molar-refractivity contribution in [3.05, 3.63) is 57.6 Å². The minimum Gasteiger partial charge on any atom is -0.493 e. The molecule has 0 aliphatic rings. The number of halogens is 1. The molecule has 0 radical (unpaired) electrons. The fraction of sp³-hybridized carbons (Fsp3) is 0.188. The van der Waals surface area contributed by atoms with E-state index in [0.29, 0.717) is 21.5 Å². The van der Waals surface area contributed by atoms with Crippen LogP contribution < -0.4 is 9.47 Å². The van der Waals surface area contributed by atoms with Crippen LogP contribution in [0.25, 0.3) is 0 Å². The van der Waals surface area contributed by atoms with Crippen LogP contribution in [0.5, 0.6) is 11.5 Å². The maximum atomic E-state index is 10.8. The van der Waals surface area contributed by atoms with Gasteiger partial charge in [-0.2, -0.15) is 0 Å². The SMILES string of the molecule is COc1cc(CO)cc(Br)c1OCc1ccc(C(=O)O)cc1. The average molecular weight is 367 g/mol. The normalized spacial score (nSPS) is 10.3. The zero-order valence-corrected chi connectivity index (χ0v) is 13.5. The molecule has 0 bridgehead atoms. The van der Waals surface area contributed by atoms with E-state index in [0.717, 1.165) is 5.56 Å². The summed E-state index contributed by atoms with van der Waals surface area (Å²) in [4.78, 5) is 10.8. The summed E-state index contributed by atoms with van der Waals surface area (Å²) < 4.78 is 11.7. The molecule has 0 heterocycles. The van der Waals surface area contributed by atoms with Crippen LogP contribution in [-0.2, 0) is 13.2 Å². The fourth-order valence-electron chi connectivity index (χ4n) is 1.90. The van der Waals surface area contributed by atoms with E-state index < -0.39 is 5.97 Å². The molecule has 22 heavy (non-hydrogen) atoms. The lowest BCUT2D eigenvalue weighted by atomic mass is 10.1. The van der Waals surface area contributed by atoms with Crippen LogP contribution in [0.4, 0.5) is 0 Å². The van der Waals surface area contributed by atoms with Crippen molar-refractivity contribution in [3.8, 4) is 11.5 Å². The third-order valence-corrected chi connectivity index (χ3v) is 3.64. The summed E-state index contributed by atoms with van der Waals surface area (Å²) in [5.74, 6) is 0.0825. The molecule has 116 valence electrons. The van der Waals surface area contributed by atoms with Crippen LogP contribution >= 0.6 is 15.9 Å². The molecule has 0 amide bonds. The number of rotatable bonds is 6. The van der Waals surface area contributed by atoms with Gasteiger partial charge in [0.25, 0.3) is 0 Å². The lowest BCUT2D eigenvalue weighted by molar-refractivity contribution is 0.0697. The summed E-state index contributed by atoms with van der Waals surface area (Å²) >= 11 is 3.39. The van der Waals surface area contributed by atoms with Crippen LogP contribution in [0.3, 0.4) is 0 Å². The van der Waals surface area contributed by atoms with Crippen molar-refractivity contribution in [2.45, 2.75) is 13.2 Å². The highest BCUT2D eigenvalue weighted by atomic mass is 79.9. The Kier molecular flexibility index (Phi) is 5.41. The summed E-state index contributed by atoms with van der Waals surface area (Å²) in [6.07, 6.45) is 0. The van der Waals surface area contributed by atoms with Crippen molar-refractivity contribution in [1.82, 2.24) is 0 Å². The molecule has 0 fully saturated rings. The number of aromatic carboxylic acids is 1. The van der Waals surface area contributed by atoms with Gasteiger partial charge in [-0.05, 0) is 51.3 Å². The van der Waals surface area contributed by atoms with Crippen LogP contribution in [0.2, 0.25) is 0 Å². The number of aliphatic hydroxyl groups is 1. The van der Waals surface area contributed by atoms with E-state index in [2.05, 4.69) is 15.9 Å². The summed E-state index contributed by atoms with van der Waals surface area (Å²) in [6, 6.07) is 9.92. The molecule has 0 atom stereocenters. The largest absolute Gasteiger partial charge is 0.493 e. The van der Waals surface area contributed by atoms with Crippen molar-refractivity contribution < 1.29 is 24.5 Å². The molecule has 0 saturated carbocycles. The summed E-state index contributed by atoms with van der Waals surface area (Å²) in [7, 11) is 1.53. The first-order valence-corrected chi connectivity index (χ1v) is 7.26. The van der Waals surface area contributed by atoms with E-state index in [-0.39, 0.29) is 18.8 Å². The van der Waals surface area contributed by atoms with Gasteiger partial charge in [0.15, 0.2) is 11.5 Å². The molecular formula is C16H15BrO5. The molecule has 2 aromatic carbocycles. The summed E-state index contributed by atoms with van der Waals surface area (Å²) in [5.41, 5.74) is 1.78. The maximum absolute atomic E-state index is 10.8. The zero-order valence-electron chi connectivity index (χ0n) is 11.9. The number of benzene rings is 2. The third kappa shape index (κ3) is 3.78. The minimum absolute atomic E-state index is 0.0914. The number of aliphatic hydroxyl groups excluding tert-OH is 1. The van der Waals surface area contributed by atoms with Crippen LogP contribution in [0.15, 0.2) is 40.9 Å². The molecule has 0 unspecified atom stereocenters. The standard InChI is InChI=1S/C16H15BrO5/c1-21-14-7-11(8-18)6-13(17)15(14)22-9-10-2-4-12(5-3-10)16(19)20/h2-7,18H,8-9H2,1H3,(H,19,20). The van der Waals surface area contributed by atoms with Crippen LogP contribution in [0, 0.1) is 0 Å². The smallest absolute Gasteiger partial charge is 0.335 e. The predicted molar refractivity (Wildman–Crippen MR) is 84.4 cm³/mol. The van der Waals surface area contributed by atoms with Crippen LogP contribution in [-0.4, -0.2) is 23.3 Å². The summed E-state index contributed by atoms with van der Waals surface area (Å²) in [6.45, 7) is 0.180. The van der Waals surface area contributed by atoms with Crippen molar-refractivity contribution in [3.63, 3.8) is 0 Å². The number of methoxy groups -OCH3 is 1. The van der Waals surface area contributed by atoms with Gasteiger partial charge in [0.2, 0.25) is 0 Å². The van der Waals surface area contributed by atoms with Gasteiger partial charge in [-0.25, -0.2) is 4.79 Å². The first-order chi connectivity index (χ1) is 10.5. The second-order valence-electron chi connectivity index (χ2n) is 4.56. The van der Waals surface area contributed by atoms with E-state index in [9.17, 15) is 9.90 Å². The molecule has 2 rings (SSSR count). The highest BCUT2D eigenvalue weighted by Crippen LogP contribution is 2.37. The van der Waals surface area contributed by atoms with Gasteiger partial charge < -0.3 is 19.7 Å². The molecule has 0 aromatic heterocycles.